The molecule has 2 amide bonds. The summed E-state index contributed by atoms with van der Waals surface area (Å²) in [6, 6.07) is -1.57. The van der Waals surface area contributed by atoms with E-state index in [1.54, 1.807) is 0 Å². The largest absolute Gasteiger partial charge is 0.477 e. The molecular weight excluding hydrogens is 688 g/mol. The molecule has 0 aromatic rings. The zero-order chi connectivity index (χ0) is 37.7. The van der Waals surface area contributed by atoms with Gasteiger partial charge in [0.15, 0.2) is 18.8 Å². The maximum absolute atomic E-state index is 12.7. The first-order chi connectivity index (χ1) is 23.4. The number of amides is 2. The van der Waals surface area contributed by atoms with Crippen LogP contribution in [0, 0.1) is 0 Å². The summed E-state index contributed by atoms with van der Waals surface area (Å²) in [5.74, 6) is -6.67. The van der Waals surface area contributed by atoms with E-state index in [1.807, 2.05) is 0 Å². The highest BCUT2D eigenvalue weighted by atomic mass is 16.8. The highest BCUT2D eigenvalue weighted by Gasteiger charge is 2.60. The molecule has 23 heteroatoms. The Morgan fingerprint density at radius 3 is 2.04 bits per heavy atom. The number of nitrogens with one attached hydrogen (secondary N) is 2. The molecule has 3 saturated heterocycles. The number of rotatable bonds is 15. The van der Waals surface area contributed by atoms with E-state index in [-0.39, 0.29) is 6.42 Å². The highest BCUT2D eigenvalue weighted by molar-refractivity contribution is 5.77. The van der Waals surface area contributed by atoms with Crippen LogP contribution in [-0.4, -0.2) is 208 Å². The Hall–Kier alpha value is -2.27. The molecule has 0 unspecified atom stereocenters. The number of hydrogen-bond donors (Lipinski definition) is 15. The van der Waals surface area contributed by atoms with Crippen LogP contribution in [0.2, 0.25) is 0 Å². The molecule has 3 rings (SSSR count). The minimum absolute atomic E-state index is 0.376. The maximum atomic E-state index is 12.7. The van der Waals surface area contributed by atoms with Crippen molar-refractivity contribution >= 4 is 17.8 Å². The van der Waals surface area contributed by atoms with Crippen LogP contribution < -0.4 is 10.6 Å². The second kappa shape index (κ2) is 18.0. The van der Waals surface area contributed by atoms with Crippen LogP contribution in [0.3, 0.4) is 0 Å². The zero-order valence-electron chi connectivity index (χ0n) is 26.6. The van der Waals surface area contributed by atoms with E-state index < -0.39 is 154 Å². The van der Waals surface area contributed by atoms with Crippen molar-refractivity contribution < 1.29 is 104 Å². The molecule has 15 N–H and O–H groups in total. The molecule has 3 heterocycles. The lowest BCUT2D eigenvalue weighted by Crippen LogP contribution is -2.71. The standard InChI is InChI=1S/C27H46N2O21/c1-8(33)28-15-9(34)4-27(26(44)45,49-22(15)16(39)10(35)5-30)50-23-17(40)11(6-31)47-25(20(23)43)48-21-12(7-32)46-24(19(42)18(21)41)29-13(36)2-3-14(37)38/h9-12,14-25,30-32,34-35,37-43H,2-7H2,1H3,(H,28,33)(H,29,36)(H,44,45)/t9-,10+,11+,12+,15+,16+,17-,18+,19+,20+,21+,22+,23-,24+,25-,27-/m0/s1. The summed E-state index contributed by atoms with van der Waals surface area (Å²) in [4.78, 5) is 36.6. The first-order valence-electron chi connectivity index (χ1n) is 15.5. The van der Waals surface area contributed by atoms with Crippen molar-refractivity contribution in [3.05, 3.63) is 0 Å². The third-order valence-electron chi connectivity index (χ3n) is 8.42. The second-order valence-electron chi connectivity index (χ2n) is 12.1. The summed E-state index contributed by atoms with van der Waals surface area (Å²) in [7, 11) is 0. The fraction of sp³-hybridized carbons (Fsp3) is 0.889. The van der Waals surface area contributed by atoms with Crippen molar-refractivity contribution in [3.63, 3.8) is 0 Å². The van der Waals surface area contributed by atoms with Crippen LogP contribution in [-0.2, 0) is 38.1 Å². The number of carboxylic acid groups (broad SMARTS) is 1. The molecular formula is C27H46N2O21. The predicted octanol–water partition coefficient (Wildman–Crippen LogP) is -9.01. The summed E-state index contributed by atoms with van der Waals surface area (Å²) in [6.07, 6.45) is -30.9. The zero-order valence-corrected chi connectivity index (χ0v) is 26.6. The van der Waals surface area contributed by atoms with Gasteiger partial charge in [-0.1, -0.05) is 0 Å². The van der Waals surface area contributed by atoms with E-state index in [2.05, 4.69) is 10.6 Å². The van der Waals surface area contributed by atoms with Crippen LogP contribution >= 0.6 is 0 Å². The van der Waals surface area contributed by atoms with Crippen molar-refractivity contribution in [3.8, 4) is 0 Å². The SMILES string of the molecule is CC(=O)N[C@H]1[C@H]([C@H](O)[C@H](O)CO)O[C@@](O[C@H]2[C@@H](O)[C@@H](CO)O[C@@H](O[C@H]3[C@H](O)[C@@H](O)[C@H](NC(=O)CCC(O)O)O[C@@H]3CO)[C@@H]2O)(C(=O)O)C[C@@H]1O. The Morgan fingerprint density at radius 1 is 0.860 bits per heavy atom. The van der Waals surface area contributed by atoms with Gasteiger partial charge in [0, 0.05) is 26.2 Å². The molecule has 16 atom stereocenters. The van der Waals surface area contributed by atoms with Gasteiger partial charge in [0.25, 0.3) is 5.79 Å². The summed E-state index contributed by atoms with van der Waals surface area (Å²) in [5.41, 5.74) is 0. The van der Waals surface area contributed by atoms with E-state index >= 15 is 0 Å². The Bertz CT molecular complexity index is 1130. The molecule has 0 aromatic heterocycles. The van der Waals surface area contributed by atoms with Gasteiger partial charge in [-0.2, -0.15) is 0 Å². The molecule has 0 aromatic carbocycles. The molecule has 23 nitrogen and oxygen atoms in total. The molecule has 50 heavy (non-hydrogen) atoms. The average Bonchev–Trinajstić information content (AvgIpc) is 3.06. The normalized spacial score (nSPS) is 40.6. The van der Waals surface area contributed by atoms with E-state index in [0.29, 0.717) is 0 Å². The Kier molecular flexibility index (Phi) is 15.2. The molecule has 0 spiro atoms. The van der Waals surface area contributed by atoms with E-state index in [1.165, 1.54) is 0 Å². The molecule has 3 aliphatic heterocycles. The lowest BCUT2D eigenvalue weighted by molar-refractivity contribution is -0.381. The topological polar surface area (TPSA) is 384 Å². The minimum atomic E-state index is -3.07. The number of hydrogen-bond acceptors (Lipinski definition) is 20. The van der Waals surface area contributed by atoms with Crippen molar-refractivity contribution in [2.75, 3.05) is 19.8 Å². The van der Waals surface area contributed by atoms with Crippen LogP contribution in [0.15, 0.2) is 0 Å². The van der Waals surface area contributed by atoms with Crippen molar-refractivity contribution in [1.29, 1.82) is 0 Å². The van der Waals surface area contributed by atoms with Gasteiger partial charge in [0.1, 0.15) is 67.1 Å². The van der Waals surface area contributed by atoms with Gasteiger partial charge in [0.05, 0.1) is 32.0 Å². The molecule has 3 aliphatic rings. The van der Waals surface area contributed by atoms with Crippen molar-refractivity contribution in [1.82, 2.24) is 10.6 Å². The number of aliphatic carboxylic acids is 1. The monoisotopic (exact) mass is 734 g/mol. The third-order valence-corrected chi connectivity index (χ3v) is 8.42. The number of carbonyl (C=O) groups excluding carboxylic acids is 2. The smallest absolute Gasteiger partial charge is 0.364 e. The molecule has 0 radical (unpaired) electrons. The summed E-state index contributed by atoms with van der Waals surface area (Å²) >= 11 is 0. The van der Waals surface area contributed by atoms with E-state index in [9.17, 15) is 70.6 Å². The minimum Gasteiger partial charge on any atom is -0.477 e. The van der Waals surface area contributed by atoms with Crippen LogP contribution in [0.4, 0.5) is 0 Å². The molecule has 0 bridgehead atoms. The van der Waals surface area contributed by atoms with Gasteiger partial charge in [-0.3, -0.25) is 9.59 Å². The maximum Gasteiger partial charge on any atom is 0.364 e. The number of aliphatic hydroxyl groups excluding tert-OH is 11. The van der Waals surface area contributed by atoms with Gasteiger partial charge >= 0.3 is 5.97 Å². The molecule has 0 aliphatic carbocycles. The third kappa shape index (κ3) is 9.58. The lowest BCUT2D eigenvalue weighted by atomic mass is 9.88. The van der Waals surface area contributed by atoms with Crippen LogP contribution in [0.25, 0.3) is 0 Å². The average molecular weight is 735 g/mol. The lowest BCUT2D eigenvalue weighted by Gasteiger charge is -2.50. The Morgan fingerprint density at radius 2 is 1.50 bits per heavy atom. The van der Waals surface area contributed by atoms with Crippen LogP contribution in [0.5, 0.6) is 0 Å². The molecule has 3 fully saturated rings. The fourth-order valence-electron chi connectivity index (χ4n) is 5.79. The van der Waals surface area contributed by atoms with Gasteiger partial charge in [0.2, 0.25) is 11.8 Å². The first-order valence-corrected chi connectivity index (χ1v) is 15.5. The second-order valence-corrected chi connectivity index (χ2v) is 12.1. The quantitative estimate of drug-likeness (QED) is 0.0694. The van der Waals surface area contributed by atoms with Gasteiger partial charge in [-0.05, 0) is 0 Å². The first kappa shape index (κ1) is 42.1. The molecule has 0 saturated carbocycles. The number of carboxylic acids is 1. The van der Waals surface area contributed by atoms with Crippen LogP contribution in [0.1, 0.15) is 26.2 Å². The Balaban J connectivity index is 1.88. The Labute approximate surface area is 283 Å². The van der Waals surface area contributed by atoms with Gasteiger partial charge < -0.3 is 101 Å². The van der Waals surface area contributed by atoms with Gasteiger partial charge in [-0.25, -0.2) is 4.79 Å². The summed E-state index contributed by atoms with van der Waals surface area (Å²) < 4.78 is 27.6. The summed E-state index contributed by atoms with van der Waals surface area (Å²) in [5, 5.41) is 137. The van der Waals surface area contributed by atoms with Crippen molar-refractivity contribution in [2.45, 2.75) is 130 Å². The molecule has 290 valence electrons. The van der Waals surface area contributed by atoms with Gasteiger partial charge in [-0.15, -0.1) is 0 Å². The number of carbonyl (C=O) groups is 3. The van der Waals surface area contributed by atoms with E-state index in [4.69, 9.17) is 33.9 Å². The fourth-order valence-corrected chi connectivity index (χ4v) is 5.79. The highest BCUT2D eigenvalue weighted by Crippen LogP contribution is 2.38. The van der Waals surface area contributed by atoms with E-state index in [0.717, 1.165) is 6.92 Å². The predicted molar refractivity (Wildman–Crippen MR) is 153 cm³/mol. The number of ether oxygens (including phenoxy) is 5. The van der Waals surface area contributed by atoms with Crippen molar-refractivity contribution in [2.24, 2.45) is 0 Å². The number of aliphatic hydroxyl groups is 12. The summed E-state index contributed by atoms with van der Waals surface area (Å²) in [6.45, 7) is -2.00.